The Morgan fingerprint density at radius 2 is 2.11 bits per heavy atom. The molecule has 0 spiro atoms. The summed E-state index contributed by atoms with van der Waals surface area (Å²) in [4.78, 5) is 4.37. The molecule has 0 amide bonds. The summed E-state index contributed by atoms with van der Waals surface area (Å²) in [6.07, 6.45) is 3.36. The second kappa shape index (κ2) is 4.22. The Morgan fingerprint density at radius 1 is 1.33 bits per heavy atom. The second-order valence-corrected chi connectivity index (χ2v) is 5.65. The van der Waals surface area contributed by atoms with E-state index in [0.717, 1.165) is 29.3 Å². The van der Waals surface area contributed by atoms with Gasteiger partial charge >= 0.3 is 0 Å². The monoisotopic (exact) mass is 261 g/mol. The first-order chi connectivity index (χ1) is 8.64. The number of halogens is 1. The first-order valence-corrected chi connectivity index (χ1v) is 6.71. The molecule has 1 N–H and O–H groups in total. The molecule has 0 radical (unpaired) electrons. The predicted octanol–water partition coefficient (Wildman–Crippen LogP) is 3.61. The molecular formula is C15H16ClNO. The SMILES string of the molecule is Cc1cc2cc(C3(CO)CCC3)ccc2nc1Cl. The Bertz CT molecular complexity index is 599. The van der Waals surface area contributed by atoms with Gasteiger partial charge in [0.1, 0.15) is 5.15 Å². The minimum Gasteiger partial charge on any atom is -0.395 e. The number of pyridine rings is 1. The van der Waals surface area contributed by atoms with Crippen LogP contribution in [0.1, 0.15) is 30.4 Å². The predicted molar refractivity (Wildman–Crippen MR) is 74.1 cm³/mol. The molecule has 1 aromatic carbocycles. The molecule has 0 unspecified atom stereocenters. The number of nitrogens with zero attached hydrogens (tertiary/aromatic N) is 1. The molecule has 18 heavy (non-hydrogen) atoms. The summed E-state index contributed by atoms with van der Waals surface area (Å²) < 4.78 is 0. The average molecular weight is 262 g/mol. The molecule has 1 aliphatic carbocycles. The smallest absolute Gasteiger partial charge is 0.132 e. The molecule has 0 atom stereocenters. The molecule has 0 aliphatic heterocycles. The van der Waals surface area contributed by atoms with E-state index in [0.29, 0.717) is 5.15 Å². The van der Waals surface area contributed by atoms with Gasteiger partial charge in [-0.15, -0.1) is 0 Å². The quantitative estimate of drug-likeness (QED) is 0.838. The van der Waals surface area contributed by atoms with Gasteiger partial charge in [0, 0.05) is 10.8 Å². The summed E-state index contributed by atoms with van der Waals surface area (Å²) in [5.41, 5.74) is 3.13. The molecular weight excluding hydrogens is 246 g/mol. The van der Waals surface area contributed by atoms with E-state index in [9.17, 15) is 5.11 Å². The highest BCUT2D eigenvalue weighted by atomic mass is 35.5. The molecule has 0 bridgehead atoms. The van der Waals surface area contributed by atoms with Crippen molar-refractivity contribution in [3.05, 3.63) is 40.5 Å². The zero-order valence-electron chi connectivity index (χ0n) is 10.4. The molecule has 1 aromatic heterocycles. The van der Waals surface area contributed by atoms with Crippen LogP contribution in [0.2, 0.25) is 5.15 Å². The number of benzene rings is 1. The zero-order valence-corrected chi connectivity index (χ0v) is 11.2. The van der Waals surface area contributed by atoms with Crippen molar-refractivity contribution in [1.82, 2.24) is 4.98 Å². The van der Waals surface area contributed by atoms with E-state index in [4.69, 9.17) is 11.6 Å². The summed E-state index contributed by atoms with van der Waals surface area (Å²) in [7, 11) is 0. The van der Waals surface area contributed by atoms with Crippen molar-refractivity contribution in [1.29, 1.82) is 0 Å². The number of aliphatic hydroxyl groups excluding tert-OH is 1. The first kappa shape index (κ1) is 11.9. The van der Waals surface area contributed by atoms with Gasteiger partial charge in [0.25, 0.3) is 0 Å². The van der Waals surface area contributed by atoms with Crippen LogP contribution in [0.5, 0.6) is 0 Å². The van der Waals surface area contributed by atoms with Crippen molar-refractivity contribution in [3.8, 4) is 0 Å². The maximum Gasteiger partial charge on any atom is 0.132 e. The normalized spacial score (nSPS) is 17.7. The van der Waals surface area contributed by atoms with Crippen molar-refractivity contribution in [2.45, 2.75) is 31.6 Å². The van der Waals surface area contributed by atoms with Crippen LogP contribution in [0.4, 0.5) is 0 Å². The highest BCUT2D eigenvalue weighted by Gasteiger charge is 2.38. The molecule has 1 saturated carbocycles. The van der Waals surface area contributed by atoms with Crippen LogP contribution in [0, 0.1) is 6.92 Å². The summed E-state index contributed by atoms with van der Waals surface area (Å²) >= 11 is 6.03. The topological polar surface area (TPSA) is 33.1 Å². The Hall–Kier alpha value is -1.12. The summed E-state index contributed by atoms with van der Waals surface area (Å²) in [6.45, 7) is 2.20. The number of hydrogen-bond acceptors (Lipinski definition) is 2. The summed E-state index contributed by atoms with van der Waals surface area (Å²) in [5.74, 6) is 0. The van der Waals surface area contributed by atoms with E-state index in [-0.39, 0.29) is 12.0 Å². The minimum absolute atomic E-state index is 0.0122. The van der Waals surface area contributed by atoms with E-state index in [1.807, 2.05) is 13.0 Å². The number of rotatable bonds is 2. The summed E-state index contributed by atoms with van der Waals surface area (Å²) in [6, 6.07) is 8.31. The number of hydrogen-bond donors (Lipinski definition) is 1. The van der Waals surface area contributed by atoms with E-state index in [1.165, 1.54) is 12.0 Å². The first-order valence-electron chi connectivity index (χ1n) is 6.33. The Labute approximate surface area is 112 Å². The Kier molecular flexibility index (Phi) is 2.80. The fourth-order valence-corrected chi connectivity index (χ4v) is 2.88. The third-order valence-electron chi connectivity index (χ3n) is 4.17. The number of fused-ring (bicyclic) bond motifs is 1. The molecule has 2 nitrogen and oxygen atoms in total. The van der Waals surface area contributed by atoms with Crippen LogP contribution in [0.15, 0.2) is 24.3 Å². The van der Waals surface area contributed by atoms with Crippen molar-refractivity contribution in [2.24, 2.45) is 0 Å². The lowest BCUT2D eigenvalue weighted by molar-refractivity contribution is 0.120. The lowest BCUT2D eigenvalue weighted by Gasteiger charge is -2.41. The van der Waals surface area contributed by atoms with Gasteiger partial charge in [0.2, 0.25) is 0 Å². The average Bonchev–Trinajstić information content (AvgIpc) is 2.30. The molecule has 3 rings (SSSR count). The highest BCUT2D eigenvalue weighted by Crippen LogP contribution is 2.43. The zero-order chi connectivity index (χ0) is 12.8. The minimum atomic E-state index is -0.0122. The van der Waals surface area contributed by atoms with Gasteiger partial charge in [-0.05, 0) is 49.1 Å². The van der Waals surface area contributed by atoms with E-state index < -0.39 is 0 Å². The number of aliphatic hydroxyl groups is 1. The highest BCUT2D eigenvalue weighted by molar-refractivity contribution is 6.30. The lowest BCUT2D eigenvalue weighted by atomic mass is 9.65. The standard InChI is InChI=1S/C15H16ClNO/c1-10-7-11-8-12(15(9-18)5-2-6-15)3-4-13(11)17-14(10)16/h3-4,7-8,18H,2,5-6,9H2,1H3. The van der Waals surface area contributed by atoms with Gasteiger partial charge in [-0.25, -0.2) is 4.98 Å². The fraction of sp³-hybridized carbons (Fsp3) is 0.400. The van der Waals surface area contributed by atoms with E-state index in [2.05, 4.69) is 23.2 Å². The van der Waals surface area contributed by atoms with Gasteiger partial charge < -0.3 is 5.11 Å². The van der Waals surface area contributed by atoms with Gasteiger partial charge in [0.15, 0.2) is 0 Å². The van der Waals surface area contributed by atoms with Gasteiger partial charge in [-0.2, -0.15) is 0 Å². The van der Waals surface area contributed by atoms with Crippen molar-refractivity contribution >= 4 is 22.5 Å². The summed E-state index contributed by atoms with van der Waals surface area (Å²) in [5, 5.41) is 11.3. The Balaban J connectivity index is 2.13. The fourth-order valence-electron chi connectivity index (χ4n) is 2.73. The molecule has 2 aromatic rings. The third-order valence-corrected chi connectivity index (χ3v) is 4.55. The lowest BCUT2D eigenvalue weighted by Crippen LogP contribution is -2.37. The van der Waals surface area contributed by atoms with Gasteiger partial charge in [0.05, 0.1) is 12.1 Å². The van der Waals surface area contributed by atoms with Crippen LogP contribution in [-0.4, -0.2) is 16.7 Å². The molecule has 1 heterocycles. The van der Waals surface area contributed by atoms with Crippen molar-refractivity contribution < 1.29 is 5.11 Å². The molecule has 1 aliphatic rings. The van der Waals surface area contributed by atoms with Crippen molar-refractivity contribution in [2.75, 3.05) is 6.61 Å². The van der Waals surface area contributed by atoms with E-state index >= 15 is 0 Å². The second-order valence-electron chi connectivity index (χ2n) is 5.30. The molecule has 0 saturated heterocycles. The van der Waals surface area contributed by atoms with Crippen LogP contribution >= 0.6 is 11.6 Å². The maximum absolute atomic E-state index is 9.62. The van der Waals surface area contributed by atoms with Crippen LogP contribution in [-0.2, 0) is 5.41 Å². The molecule has 94 valence electrons. The van der Waals surface area contributed by atoms with Crippen LogP contribution in [0.3, 0.4) is 0 Å². The molecule has 1 fully saturated rings. The van der Waals surface area contributed by atoms with Gasteiger partial charge in [-0.3, -0.25) is 0 Å². The van der Waals surface area contributed by atoms with Gasteiger partial charge in [-0.1, -0.05) is 24.1 Å². The maximum atomic E-state index is 9.62. The van der Waals surface area contributed by atoms with Crippen LogP contribution < -0.4 is 0 Å². The molecule has 3 heteroatoms. The Morgan fingerprint density at radius 3 is 2.72 bits per heavy atom. The van der Waals surface area contributed by atoms with Crippen LogP contribution in [0.25, 0.3) is 10.9 Å². The third kappa shape index (κ3) is 1.72. The van der Waals surface area contributed by atoms with E-state index in [1.54, 1.807) is 0 Å². The number of aromatic nitrogens is 1. The number of aryl methyl sites for hydroxylation is 1. The largest absolute Gasteiger partial charge is 0.395 e. The van der Waals surface area contributed by atoms with Crippen molar-refractivity contribution in [3.63, 3.8) is 0 Å².